The van der Waals surface area contributed by atoms with Crippen LogP contribution in [0.3, 0.4) is 0 Å². The molecule has 4 heteroatoms. The van der Waals surface area contributed by atoms with Gasteiger partial charge in [-0.25, -0.2) is 0 Å². The van der Waals surface area contributed by atoms with E-state index in [9.17, 15) is 4.79 Å². The van der Waals surface area contributed by atoms with Crippen LogP contribution in [-0.2, 0) is 14.3 Å². The van der Waals surface area contributed by atoms with Crippen LogP contribution in [0.2, 0.25) is 0 Å². The fourth-order valence-corrected chi connectivity index (χ4v) is 2.61. The molecular weight excluding hydrogens is 302 g/mol. The molecule has 0 heterocycles. The quantitative estimate of drug-likeness (QED) is 0.683. The number of hydrogen-bond acceptors (Lipinski definition) is 3. The predicted octanol–water partition coefficient (Wildman–Crippen LogP) is 2.99. The third-order valence-electron chi connectivity index (χ3n) is 3.82. The van der Waals surface area contributed by atoms with Crippen molar-refractivity contribution in [3.8, 4) is 0 Å². The molecule has 128 valence electrons. The lowest BCUT2D eigenvalue weighted by Crippen LogP contribution is -2.30. The Morgan fingerprint density at radius 3 is 2.08 bits per heavy atom. The number of methoxy groups -OCH3 is 1. The minimum atomic E-state index is -0.0917. The SMILES string of the molecule is COCCOCC(=O)NCCC(c1ccccc1)c1ccccc1. The molecule has 0 bridgehead atoms. The lowest BCUT2D eigenvalue weighted by molar-refractivity contribution is -0.126. The molecule has 0 saturated carbocycles. The van der Waals surface area contributed by atoms with Gasteiger partial charge in [-0.2, -0.15) is 0 Å². The van der Waals surface area contributed by atoms with E-state index in [-0.39, 0.29) is 18.4 Å². The summed E-state index contributed by atoms with van der Waals surface area (Å²) in [6.45, 7) is 1.61. The van der Waals surface area contributed by atoms with Crippen LogP contribution in [-0.4, -0.2) is 39.4 Å². The fraction of sp³-hybridized carbons (Fsp3) is 0.350. The molecule has 0 aliphatic rings. The van der Waals surface area contributed by atoms with Crippen LogP contribution in [0.5, 0.6) is 0 Å². The number of hydrogen-bond donors (Lipinski definition) is 1. The summed E-state index contributed by atoms with van der Waals surface area (Å²) in [5.74, 6) is 0.174. The van der Waals surface area contributed by atoms with E-state index in [0.717, 1.165) is 6.42 Å². The third kappa shape index (κ3) is 6.14. The Morgan fingerprint density at radius 2 is 1.54 bits per heavy atom. The van der Waals surface area contributed by atoms with Crippen molar-refractivity contribution < 1.29 is 14.3 Å². The first-order valence-corrected chi connectivity index (χ1v) is 8.24. The molecule has 0 atom stereocenters. The number of rotatable bonds is 10. The van der Waals surface area contributed by atoms with Gasteiger partial charge in [0.15, 0.2) is 0 Å². The van der Waals surface area contributed by atoms with Crippen LogP contribution in [0.25, 0.3) is 0 Å². The van der Waals surface area contributed by atoms with Crippen molar-refractivity contribution in [3.05, 3.63) is 71.8 Å². The summed E-state index contributed by atoms with van der Waals surface area (Å²) in [6.07, 6.45) is 0.845. The number of benzene rings is 2. The van der Waals surface area contributed by atoms with Crippen molar-refractivity contribution in [2.75, 3.05) is 33.5 Å². The minimum absolute atomic E-state index is 0.0741. The second kappa shape index (κ2) is 10.6. The molecule has 2 rings (SSSR count). The molecule has 0 spiro atoms. The van der Waals surface area contributed by atoms with Crippen molar-refractivity contribution in [1.29, 1.82) is 0 Å². The number of ether oxygens (including phenoxy) is 2. The van der Waals surface area contributed by atoms with Gasteiger partial charge >= 0.3 is 0 Å². The molecule has 0 unspecified atom stereocenters. The van der Waals surface area contributed by atoms with Crippen molar-refractivity contribution >= 4 is 5.91 Å². The van der Waals surface area contributed by atoms with E-state index in [1.54, 1.807) is 7.11 Å². The number of carbonyl (C=O) groups excluding carboxylic acids is 1. The molecule has 2 aromatic carbocycles. The fourth-order valence-electron chi connectivity index (χ4n) is 2.61. The van der Waals surface area contributed by atoms with Crippen LogP contribution >= 0.6 is 0 Å². The summed E-state index contributed by atoms with van der Waals surface area (Å²) >= 11 is 0. The predicted molar refractivity (Wildman–Crippen MR) is 95.0 cm³/mol. The van der Waals surface area contributed by atoms with Gasteiger partial charge in [0.1, 0.15) is 6.61 Å². The molecule has 0 radical (unpaired) electrons. The number of amides is 1. The Balaban J connectivity index is 1.87. The maximum atomic E-state index is 11.8. The maximum Gasteiger partial charge on any atom is 0.245 e. The van der Waals surface area contributed by atoms with Gasteiger partial charge in [0.05, 0.1) is 13.2 Å². The summed E-state index contributed by atoms with van der Waals surface area (Å²) in [7, 11) is 1.61. The highest BCUT2D eigenvalue weighted by Gasteiger charge is 2.14. The molecule has 2 aromatic rings. The second-order valence-corrected chi connectivity index (χ2v) is 5.56. The molecular formula is C20H25NO3. The van der Waals surface area contributed by atoms with Crippen LogP contribution in [0, 0.1) is 0 Å². The van der Waals surface area contributed by atoms with Crippen molar-refractivity contribution in [2.24, 2.45) is 0 Å². The summed E-state index contributed by atoms with van der Waals surface area (Å²) in [5, 5.41) is 2.92. The highest BCUT2D eigenvalue weighted by atomic mass is 16.5. The van der Waals surface area contributed by atoms with E-state index < -0.39 is 0 Å². The van der Waals surface area contributed by atoms with E-state index in [1.165, 1.54) is 11.1 Å². The minimum Gasteiger partial charge on any atom is -0.382 e. The number of nitrogens with one attached hydrogen (secondary N) is 1. The van der Waals surface area contributed by atoms with Gasteiger partial charge < -0.3 is 14.8 Å². The average molecular weight is 327 g/mol. The molecule has 0 saturated heterocycles. The first-order chi connectivity index (χ1) is 11.8. The van der Waals surface area contributed by atoms with Crippen molar-refractivity contribution in [1.82, 2.24) is 5.32 Å². The van der Waals surface area contributed by atoms with Crippen LogP contribution in [0.1, 0.15) is 23.5 Å². The maximum absolute atomic E-state index is 11.8. The zero-order valence-corrected chi connectivity index (χ0v) is 14.1. The monoisotopic (exact) mass is 327 g/mol. The molecule has 0 fully saturated rings. The zero-order valence-electron chi connectivity index (χ0n) is 14.1. The van der Waals surface area contributed by atoms with Gasteiger partial charge in [0.25, 0.3) is 0 Å². The van der Waals surface area contributed by atoms with Crippen LogP contribution in [0.15, 0.2) is 60.7 Å². The molecule has 0 aliphatic heterocycles. The Morgan fingerprint density at radius 1 is 0.958 bits per heavy atom. The van der Waals surface area contributed by atoms with Crippen molar-refractivity contribution in [3.63, 3.8) is 0 Å². The topological polar surface area (TPSA) is 47.6 Å². The van der Waals surface area contributed by atoms with E-state index >= 15 is 0 Å². The standard InChI is InChI=1S/C20H25NO3/c1-23-14-15-24-16-20(22)21-13-12-19(17-8-4-2-5-9-17)18-10-6-3-7-11-18/h2-11,19H,12-16H2,1H3,(H,21,22). The highest BCUT2D eigenvalue weighted by molar-refractivity contribution is 5.77. The largest absolute Gasteiger partial charge is 0.382 e. The molecule has 0 aromatic heterocycles. The van der Waals surface area contributed by atoms with E-state index in [0.29, 0.717) is 19.8 Å². The normalized spacial score (nSPS) is 10.8. The molecule has 0 aliphatic carbocycles. The highest BCUT2D eigenvalue weighted by Crippen LogP contribution is 2.27. The van der Waals surface area contributed by atoms with Gasteiger partial charge in [0, 0.05) is 19.6 Å². The van der Waals surface area contributed by atoms with Crippen LogP contribution < -0.4 is 5.32 Å². The second-order valence-electron chi connectivity index (χ2n) is 5.56. The third-order valence-corrected chi connectivity index (χ3v) is 3.82. The summed E-state index contributed by atoms with van der Waals surface area (Å²) < 4.78 is 10.1. The zero-order chi connectivity index (χ0) is 17.0. The average Bonchev–Trinajstić information content (AvgIpc) is 2.64. The lowest BCUT2D eigenvalue weighted by atomic mass is 9.88. The van der Waals surface area contributed by atoms with Crippen molar-refractivity contribution in [2.45, 2.75) is 12.3 Å². The van der Waals surface area contributed by atoms with Crippen LogP contribution in [0.4, 0.5) is 0 Å². The smallest absolute Gasteiger partial charge is 0.245 e. The van der Waals surface area contributed by atoms with Gasteiger partial charge in [0.2, 0.25) is 5.91 Å². The Kier molecular flexibility index (Phi) is 8.01. The summed E-state index contributed by atoms with van der Waals surface area (Å²) in [6, 6.07) is 20.8. The van der Waals surface area contributed by atoms with E-state index in [1.807, 2.05) is 36.4 Å². The van der Waals surface area contributed by atoms with E-state index in [4.69, 9.17) is 9.47 Å². The number of carbonyl (C=O) groups is 1. The Labute approximate surface area is 143 Å². The summed E-state index contributed by atoms with van der Waals surface area (Å²) in [4.78, 5) is 11.8. The molecule has 1 amide bonds. The lowest BCUT2D eigenvalue weighted by Gasteiger charge is -2.18. The molecule has 1 N–H and O–H groups in total. The van der Waals surface area contributed by atoms with Gasteiger partial charge in [-0.1, -0.05) is 60.7 Å². The first-order valence-electron chi connectivity index (χ1n) is 8.24. The summed E-state index contributed by atoms with van der Waals surface area (Å²) in [5.41, 5.74) is 2.52. The van der Waals surface area contributed by atoms with Gasteiger partial charge in [-0.3, -0.25) is 4.79 Å². The van der Waals surface area contributed by atoms with Gasteiger partial charge in [-0.15, -0.1) is 0 Å². The van der Waals surface area contributed by atoms with Gasteiger partial charge in [-0.05, 0) is 17.5 Å². The Hall–Kier alpha value is -2.17. The molecule has 4 nitrogen and oxygen atoms in total. The Bertz CT molecular complexity index is 547. The first kappa shape index (κ1) is 18.2. The van der Waals surface area contributed by atoms with E-state index in [2.05, 4.69) is 29.6 Å². The molecule has 24 heavy (non-hydrogen) atoms.